The second kappa shape index (κ2) is 6.76. The second-order valence-corrected chi connectivity index (χ2v) is 5.34. The second-order valence-electron chi connectivity index (χ2n) is 5.34. The van der Waals surface area contributed by atoms with Gasteiger partial charge < -0.3 is 10.1 Å². The van der Waals surface area contributed by atoms with Crippen molar-refractivity contribution < 1.29 is 4.74 Å². The summed E-state index contributed by atoms with van der Waals surface area (Å²) in [6, 6.07) is 6.80. The summed E-state index contributed by atoms with van der Waals surface area (Å²) in [4.78, 5) is 0. The summed E-state index contributed by atoms with van der Waals surface area (Å²) in [6.07, 6.45) is 8.21. The van der Waals surface area contributed by atoms with Crippen molar-refractivity contribution in [2.45, 2.75) is 52.2 Å². The molecule has 0 radical (unpaired) electrons. The van der Waals surface area contributed by atoms with Crippen LogP contribution in [0.4, 0.5) is 0 Å². The van der Waals surface area contributed by atoms with Crippen molar-refractivity contribution in [2.75, 3.05) is 6.54 Å². The van der Waals surface area contributed by atoms with E-state index in [0.29, 0.717) is 6.04 Å². The van der Waals surface area contributed by atoms with Gasteiger partial charge in [0.2, 0.25) is 0 Å². The third-order valence-electron chi connectivity index (χ3n) is 3.63. The van der Waals surface area contributed by atoms with Crippen molar-refractivity contribution in [1.82, 2.24) is 5.32 Å². The Morgan fingerprint density at radius 2 is 2.26 bits per heavy atom. The van der Waals surface area contributed by atoms with Gasteiger partial charge >= 0.3 is 0 Å². The molecule has 0 saturated heterocycles. The molecule has 2 atom stereocenters. The van der Waals surface area contributed by atoms with Crippen molar-refractivity contribution in [3.8, 4) is 5.75 Å². The predicted octanol–water partition coefficient (Wildman–Crippen LogP) is 4.15. The first-order valence-corrected chi connectivity index (χ1v) is 7.38. The minimum Gasteiger partial charge on any atom is -0.486 e. The third kappa shape index (κ3) is 3.84. The predicted molar refractivity (Wildman–Crippen MR) is 80.7 cm³/mol. The number of ether oxygens (including phenoxy) is 1. The molecular formula is C17H25NO. The summed E-state index contributed by atoms with van der Waals surface area (Å²) in [5.74, 6) is 1.02. The highest BCUT2D eigenvalue weighted by Crippen LogP contribution is 2.28. The van der Waals surface area contributed by atoms with Gasteiger partial charge in [-0.1, -0.05) is 30.7 Å². The van der Waals surface area contributed by atoms with Gasteiger partial charge in [0.15, 0.2) is 0 Å². The summed E-state index contributed by atoms with van der Waals surface area (Å²) < 4.78 is 6.18. The van der Waals surface area contributed by atoms with E-state index < -0.39 is 0 Å². The Labute approximate surface area is 116 Å². The minimum atomic E-state index is 0.240. The molecule has 0 bridgehead atoms. The fourth-order valence-electron chi connectivity index (χ4n) is 2.57. The fourth-order valence-corrected chi connectivity index (χ4v) is 2.57. The summed E-state index contributed by atoms with van der Waals surface area (Å²) in [7, 11) is 0. The highest BCUT2D eigenvalue weighted by Gasteiger charge is 2.15. The average Bonchev–Trinajstić information content (AvgIpc) is 2.42. The van der Waals surface area contributed by atoms with Gasteiger partial charge in [-0.2, -0.15) is 0 Å². The van der Waals surface area contributed by atoms with E-state index in [1.54, 1.807) is 0 Å². The van der Waals surface area contributed by atoms with Crippen LogP contribution < -0.4 is 10.1 Å². The van der Waals surface area contributed by atoms with Crippen LogP contribution in [0.2, 0.25) is 0 Å². The first-order chi connectivity index (χ1) is 9.20. The number of hydrogen-bond donors (Lipinski definition) is 1. The topological polar surface area (TPSA) is 21.3 Å². The van der Waals surface area contributed by atoms with Gasteiger partial charge in [-0.05, 0) is 51.8 Å². The summed E-state index contributed by atoms with van der Waals surface area (Å²) >= 11 is 0. The number of rotatable bonds is 5. The maximum absolute atomic E-state index is 6.18. The van der Waals surface area contributed by atoms with Crippen LogP contribution in [-0.4, -0.2) is 12.6 Å². The Bertz CT molecular complexity index is 439. The molecule has 2 unspecified atom stereocenters. The SMILES string of the molecule is CCNC(C)c1cc(C)ccc1OC1C=CCCC1. The van der Waals surface area contributed by atoms with Crippen LogP contribution in [0.25, 0.3) is 0 Å². The monoisotopic (exact) mass is 259 g/mol. The van der Waals surface area contributed by atoms with Crippen molar-refractivity contribution >= 4 is 0 Å². The van der Waals surface area contributed by atoms with E-state index in [0.717, 1.165) is 18.7 Å². The van der Waals surface area contributed by atoms with Crippen LogP contribution in [0.3, 0.4) is 0 Å². The largest absolute Gasteiger partial charge is 0.486 e. The van der Waals surface area contributed by atoms with E-state index >= 15 is 0 Å². The van der Waals surface area contributed by atoms with E-state index in [2.05, 4.69) is 56.4 Å². The molecular weight excluding hydrogens is 234 g/mol. The van der Waals surface area contributed by atoms with E-state index in [9.17, 15) is 0 Å². The number of nitrogens with one attached hydrogen (secondary N) is 1. The molecule has 0 aromatic heterocycles. The van der Waals surface area contributed by atoms with Gasteiger partial charge in [0.25, 0.3) is 0 Å². The van der Waals surface area contributed by atoms with Gasteiger partial charge in [0.05, 0.1) is 0 Å². The first-order valence-electron chi connectivity index (χ1n) is 7.38. The molecule has 1 N–H and O–H groups in total. The van der Waals surface area contributed by atoms with Crippen LogP contribution >= 0.6 is 0 Å². The molecule has 0 heterocycles. The molecule has 2 nitrogen and oxygen atoms in total. The Hall–Kier alpha value is -1.28. The van der Waals surface area contributed by atoms with Crippen LogP contribution in [0.5, 0.6) is 5.75 Å². The molecule has 0 aliphatic heterocycles. The number of hydrogen-bond acceptors (Lipinski definition) is 2. The molecule has 1 aliphatic carbocycles. The lowest BCUT2D eigenvalue weighted by Gasteiger charge is -2.23. The lowest BCUT2D eigenvalue weighted by atomic mass is 10.0. The van der Waals surface area contributed by atoms with Gasteiger partial charge in [0, 0.05) is 11.6 Å². The van der Waals surface area contributed by atoms with Gasteiger partial charge in [-0.25, -0.2) is 0 Å². The normalized spacial score (nSPS) is 20.3. The number of allylic oxidation sites excluding steroid dienone is 1. The van der Waals surface area contributed by atoms with Gasteiger partial charge in [-0.3, -0.25) is 0 Å². The molecule has 0 saturated carbocycles. The molecule has 0 fully saturated rings. The highest BCUT2D eigenvalue weighted by molar-refractivity contribution is 5.39. The standard InChI is InChI=1S/C17H25NO/c1-4-18-14(3)16-12-13(2)10-11-17(16)19-15-8-6-5-7-9-15/h6,8,10-12,14-15,18H,4-5,7,9H2,1-3H3. The zero-order valence-corrected chi connectivity index (χ0v) is 12.3. The molecule has 1 aliphatic rings. The molecule has 0 spiro atoms. The first kappa shape index (κ1) is 14.1. The molecule has 2 heteroatoms. The Morgan fingerprint density at radius 3 is 2.95 bits per heavy atom. The zero-order chi connectivity index (χ0) is 13.7. The van der Waals surface area contributed by atoms with E-state index in [-0.39, 0.29) is 6.10 Å². The van der Waals surface area contributed by atoms with Crippen LogP contribution in [-0.2, 0) is 0 Å². The number of benzene rings is 1. The molecule has 19 heavy (non-hydrogen) atoms. The maximum Gasteiger partial charge on any atom is 0.124 e. The molecule has 1 aromatic rings. The van der Waals surface area contributed by atoms with Crippen molar-refractivity contribution in [3.63, 3.8) is 0 Å². The lowest BCUT2D eigenvalue weighted by Crippen LogP contribution is -2.21. The van der Waals surface area contributed by atoms with Crippen LogP contribution in [0, 0.1) is 6.92 Å². The smallest absolute Gasteiger partial charge is 0.124 e. The zero-order valence-electron chi connectivity index (χ0n) is 12.3. The van der Waals surface area contributed by atoms with Crippen LogP contribution in [0.1, 0.15) is 50.3 Å². The Kier molecular flexibility index (Phi) is 5.03. The number of aryl methyl sites for hydroxylation is 1. The molecule has 1 aromatic carbocycles. The minimum absolute atomic E-state index is 0.240. The quantitative estimate of drug-likeness (QED) is 0.802. The fraction of sp³-hybridized carbons (Fsp3) is 0.529. The van der Waals surface area contributed by atoms with E-state index in [4.69, 9.17) is 4.74 Å². The highest BCUT2D eigenvalue weighted by atomic mass is 16.5. The van der Waals surface area contributed by atoms with E-state index in [1.807, 2.05) is 0 Å². The van der Waals surface area contributed by atoms with Crippen LogP contribution in [0.15, 0.2) is 30.4 Å². The van der Waals surface area contributed by atoms with Crippen molar-refractivity contribution in [3.05, 3.63) is 41.5 Å². The molecule has 2 rings (SSSR count). The maximum atomic E-state index is 6.18. The summed E-state index contributed by atoms with van der Waals surface area (Å²) in [6.45, 7) is 7.43. The third-order valence-corrected chi connectivity index (χ3v) is 3.63. The van der Waals surface area contributed by atoms with Crippen molar-refractivity contribution in [2.24, 2.45) is 0 Å². The van der Waals surface area contributed by atoms with E-state index in [1.165, 1.54) is 24.0 Å². The average molecular weight is 259 g/mol. The Balaban J connectivity index is 2.18. The summed E-state index contributed by atoms with van der Waals surface area (Å²) in [5, 5.41) is 3.47. The molecule has 0 amide bonds. The molecule has 104 valence electrons. The van der Waals surface area contributed by atoms with Gasteiger partial charge in [-0.15, -0.1) is 0 Å². The lowest BCUT2D eigenvalue weighted by molar-refractivity contribution is 0.226. The van der Waals surface area contributed by atoms with Crippen molar-refractivity contribution in [1.29, 1.82) is 0 Å². The summed E-state index contributed by atoms with van der Waals surface area (Å²) in [5.41, 5.74) is 2.55. The Morgan fingerprint density at radius 1 is 1.42 bits per heavy atom. The van der Waals surface area contributed by atoms with Gasteiger partial charge in [0.1, 0.15) is 11.9 Å².